The summed E-state index contributed by atoms with van der Waals surface area (Å²) in [5, 5.41) is 14.4. The molecule has 0 aliphatic rings. The van der Waals surface area contributed by atoms with Crippen LogP contribution in [-0.4, -0.2) is 25.6 Å². The summed E-state index contributed by atoms with van der Waals surface area (Å²) < 4.78 is 10.7. The van der Waals surface area contributed by atoms with Crippen molar-refractivity contribution >= 4 is 35.1 Å². The maximum atomic E-state index is 12.6. The smallest absolute Gasteiger partial charge is 0.253 e. The van der Waals surface area contributed by atoms with Crippen LogP contribution in [0.3, 0.4) is 0 Å². The number of methoxy groups -OCH3 is 1. The molecule has 0 saturated heterocycles. The highest BCUT2D eigenvalue weighted by Gasteiger charge is 2.20. The Hall–Kier alpha value is -2.44. The molecule has 0 aliphatic heterocycles. The number of ether oxygens (including phenoxy) is 2. The van der Waals surface area contributed by atoms with Gasteiger partial charge >= 0.3 is 0 Å². The summed E-state index contributed by atoms with van der Waals surface area (Å²) in [6.07, 6.45) is -0.423. The molecule has 0 aromatic heterocycles. The fraction of sp³-hybridized carbons (Fsp3) is 0.263. The minimum Gasteiger partial charge on any atom is -0.550 e. The number of nitrogens with one attached hydrogen (secondary N) is 1. The number of halogens is 2. The van der Waals surface area contributed by atoms with E-state index in [1.807, 2.05) is 6.92 Å². The van der Waals surface area contributed by atoms with Gasteiger partial charge in [-0.2, -0.15) is 0 Å². The van der Waals surface area contributed by atoms with Crippen LogP contribution < -0.4 is 19.9 Å². The molecular weight excluding hydrogens is 393 g/mol. The molecule has 27 heavy (non-hydrogen) atoms. The minimum absolute atomic E-state index is 0.163. The molecule has 0 bridgehead atoms. The molecule has 0 aliphatic carbocycles. The largest absolute Gasteiger partial charge is 0.550 e. The first kappa shape index (κ1) is 20.9. The lowest BCUT2D eigenvalue weighted by Gasteiger charge is -2.21. The highest BCUT2D eigenvalue weighted by atomic mass is 35.5. The number of rotatable bonds is 8. The summed E-state index contributed by atoms with van der Waals surface area (Å²) in [6.45, 7) is 2.28. The van der Waals surface area contributed by atoms with E-state index in [9.17, 15) is 14.7 Å². The van der Waals surface area contributed by atoms with Gasteiger partial charge in [-0.3, -0.25) is 4.79 Å². The highest BCUT2D eigenvalue weighted by molar-refractivity contribution is 6.36. The zero-order valence-corrected chi connectivity index (χ0v) is 16.3. The van der Waals surface area contributed by atoms with Crippen LogP contribution in [0.1, 0.15) is 35.3 Å². The Morgan fingerprint density at radius 2 is 1.89 bits per heavy atom. The summed E-state index contributed by atoms with van der Waals surface area (Å²) in [4.78, 5) is 23.7. The van der Waals surface area contributed by atoms with Crippen LogP contribution >= 0.6 is 23.2 Å². The van der Waals surface area contributed by atoms with Crippen LogP contribution in [0, 0.1) is 0 Å². The molecule has 0 unspecified atom stereocenters. The van der Waals surface area contributed by atoms with E-state index in [0.29, 0.717) is 28.7 Å². The number of carbonyl (C=O) groups excluding carboxylic acids is 2. The van der Waals surface area contributed by atoms with E-state index >= 15 is 0 Å². The topological polar surface area (TPSA) is 87.7 Å². The van der Waals surface area contributed by atoms with Gasteiger partial charge in [-0.1, -0.05) is 29.3 Å². The van der Waals surface area contributed by atoms with E-state index in [1.54, 1.807) is 18.2 Å². The van der Waals surface area contributed by atoms with Gasteiger partial charge in [0.2, 0.25) is 0 Å². The normalized spacial score (nSPS) is 11.6. The number of amides is 1. The van der Waals surface area contributed by atoms with Crippen LogP contribution in [0.25, 0.3) is 0 Å². The van der Waals surface area contributed by atoms with Gasteiger partial charge in [-0.05, 0) is 42.8 Å². The monoisotopic (exact) mass is 410 g/mol. The van der Waals surface area contributed by atoms with Gasteiger partial charge in [-0.15, -0.1) is 0 Å². The highest BCUT2D eigenvalue weighted by Crippen LogP contribution is 2.31. The molecular formula is C19H18Cl2NO5-. The number of hydrogen-bond donors (Lipinski definition) is 1. The van der Waals surface area contributed by atoms with Crippen LogP contribution in [0.4, 0.5) is 0 Å². The third kappa shape index (κ3) is 5.52. The van der Waals surface area contributed by atoms with Gasteiger partial charge in [-0.25, -0.2) is 0 Å². The Morgan fingerprint density at radius 1 is 1.15 bits per heavy atom. The van der Waals surface area contributed by atoms with E-state index in [0.717, 1.165) is 0 Å². The molecule has 1 atom stereocenters. The van der Waals surface area contributed by atoms with Crippen molar-refractivity contribution in [2.45, 2.75) is 19.4 Å². The Kier molecular flexibility index (Phi) is 7.33. The molecule has 6 nitrogen and oxygen atoms in total. The van der Waals surface area contributed by atoms with Crippen LogP contribution in [-0.2, 0) is 4.79 Å². The number of carboxylic acid groups (broad SMARTS) is 1. The number of benzene rings is 2. The number of hydrogen-bond acceptors (Lipinski definition) is 5. The molecule has 0 heterocycles. The fourth-order valence-electron chi connectivity index (χ4n) is 2.50. The van der Waals surface area contributed by atoms with Crippen molar-refractivity contribution in [1.29, 1.82) is 0 Å². The van der Waals surface area contributed by atoms with Crippen LogP contribution in [0.2, 0.25) is 10.0 Å². The van der Waals surface area contributed by atoms with Crippen molar-refractivity contribution in [3.8, 4) is 11.5 Å². The second-order valence-electron chi connectivity index (χ2n) is 5.57. The molecule has 0 saturated carbocycles. The molecule has 8 heteroatoms. The van der Waals surface area contributed by atoms with Gasteiger partial charge in [0, 0.05) is 17.4 Å². The van der Waals surface area contributed by atoms with E-state index in [4.69, 9.17) is 32.7 Å². The quantitative estimate of drug-likeness (QED) is 0.722. The van der Waals surface area contributed by atoms with Crippen molar-refractivity contribution in [3.63, 3.8) is 0 Å². The summed E-state index contributed by atoms with van der Waals surface area (Å²) in [7, 11) is 1.47. The predicted molar refractivity (Wildman–Crippen MR) is 100 cm³/mol. The van der Waals surface area contributed by atoms with Crippen molar-refractivity contribution in [3.05, 3.63) is 57.6 Å². The molecule has 0 radical (unpaired) electrons. The first-order valence-electron chi connectivity index (χ1n) is 8.12. The Morgan fingerprint density at radius 3 is 2.48 bits per heavy atom. The predicted octanol–water partition coefficient (Wildman–Crippen LogP) is 3.01. The Balaban J connectivity index is 2.32. The van der Waals surface area contributed by atoms with E-state index in [2.05, 4.69) is 5.32 Å². The second kappa shape index (κ2) is 9.48. The number of carbonyl (C=O) groups is 2. The number of aliphatic carboxylic acids is 1. The first-order chi connectivity index (χ1) is 12.8. The fourth-order valence-corrected chi connectivity index (χ4v) is 3.00. The summed E-state index contributed by atoms with van der Waals surface area (Å²) in [5.41, 5.74) is 0.709. The van der Waals surface area contributed by atoms with Gasteiger partial charge in [0.15, 0.2) is 11.5 Å². The molecule has 0 spiro atoms. The average molecular weight is 411 g/mol. The van der Waals surface area contributed by atoms with Gasteiger partial charge in [0.25, 0.3) is 5.91 Å². The summed E-state index contributed by atoms with van der Waals surface area (Å²) >= 11 is 11.9. The van der Waals surface area contributed by atoms with Gasteiger partial charge in [0.05, 0.1) is 30.3 Å². The first-order valence-corrected chi connectivity index (χ1v) is 8.87. The average Bonchev–Trinajstić information content (AvgIpc) is 2.61. The molecule has 144 valence electrons. The number of carboxylic acids is 1. The van der Waals surface area contributed by atoms with Crippen LogP contribution in [0.5, 0.6) is 11.5 Å². The molecule has 1 amide bonds. The Labute approximate surface area is 167 Å². The molecule has 2 rings (SSSR count). The third-order valence-electron chi connectivity index (χ3n) is 3.74. The maximum absolute atomic E-state index is 12.6. The van der Waals surface area contributed by atoms with Gasteiger partial charge < -0.3 is 24.7 Å². The summed E-state index contributed by atoms with van der Waals surface area (Å²) in [5.74, 6) is -0.898. The lowest BCUT2D eigenvalue weighted by atomic mass is 10.0. The molecule has 1 N–H and O–H groups in total. The maximum Gasteiger partial charge on any atom is 0.253 e. The van der Waals surface area contributed by atoms with Crippen LogP contribution in [0.15, 0.2) is 36.4 Å². The summed E-state index contributed by atoms with van der Waals surface area (Å²) in [6, 6.07) is 8.50. The van der Waals surface area contributed by atoms with Crippen molar-refractivity contribution in [2.24, 2.45) is 0 Å². The standard InChI is InChI=1S/C19H19Cl2NO5/c1-3-27-16-7-4-11(8-17(16)26-2)15(10-18(23)24)22-19(25)13-6-5-12(20)9-14(13)21/h4-9,15H,3,10H2,1-2H3,(H,22,25)(H,23,24)/p-1/t15-/m0/s1. The Bertz CT molecular complexity index is 841. The zero-order valence-electron chi connectivity index (χ0n) is 14.8. The lowest BCUT2D eigenvalue weighted by molar-refractivity contribution is -0.306. The van der Waals surface area contributed by atoms with Crippen molar-refractivity contribution < 1.29 is 24.2 Å². The molecule has 2 aromatic carbocycles. The van der Waals surface area contributed by atoms with E-state index in [1.165, 1.54) is 25.3 Å². The van der Waals surface area contributed by atoms with Crippen molar-refractivity contribution in [1.82, 2.24) is 5.32 Å². The van der Waals surface area contributed by atoms with E-state index in [-0.39, 0.29) is 10.6 Å². The lowest BCUT2D eigenvalue weighted by Crippen LogP contribution is -2.34. The van der Waals surface area contributed by atoms with Crippen molar-refractivity contribution in [2.75, 3.05) is 13.7 Å². The van der Waals surface area contributed by atoms with Gasteiger partial charge in [0.1, 0.15) is 0 Å². The molecule has 0 fully saturated rings. The second-order valence-corrected chi connectivity index (χ2v) is 6.41. The van der Waals surface area contributed by atoms with E-state index < -0.39 is 24.3 Å². The zero-order chi connectivity index (χ0) is 20.0. The SMILES string of the molecule is CCOc1ccc([C@H](CC(=O)[O-])NC(=O)c2ccc(Cl)cc2Cl)cc1OC. The minimum atomic E-state index is -1.31. The molecule has 2 aromatic rings. The third-order valence-corrected chi connectivity index (χ3v) is 4.29.